The van der Waals surface area contributed by atoms with Crippen LogP contribution in [0, 0.1) is 0 Å². The smallest absolute Gasteiger partial charge is 0.307 e. The number of pyridine rings is 1. The van der Waals surface area contributed by atoms with Crippen molar-refractivity contribution in [2.24, 2.45) is 5.73 Å². The highest BCUT2D eigenvalue weighted by molar-refractivity contribution is 6.32. The monoisotopic (exact) mass is 248 g/mol. The van der Waals surface area contributed by atoms with Crippen molar-refractivity contribution in [3.05, 3.63) is 28.0 Å². The predicted molar refractivity (Wildman–Crippen MR) is 57.7 cm³/mol. The molecule has 6 heteroatoms. The van der Waals surface area contributed by atoms with E-state index in [1.54, 1.807) is 12.1 Å². The highest BCUT2D eigenvalue weighted by Gasteiger charge is 2.04. The fourth-order valence-corrected chi connectivity index (χ4v) is 1.46. The van der Waals surface area contributed by atoms with E-state index in [0.717, 1.165) is 0 Å². The van der Waals surface area contributed by atoms with Gasteiger partial charge < -0.3 is 10.5 Å². The van der Waals surface area contributed by atoms with E-state index in [-0.39, 0.29) is 35.8 Å². The first-order valence-corrected chi connectivity index (χ1v) is 5.05. The first kappa shape index (κ1) is 12.2. The Morgan fingerprint density at radius 3 is 2.53 bits per heavy atom. The number of nitrogens with zero attached hydrogens (tertiary/aromatic N) is 1. The summed E-state index contributed by atoms with van der Waals surface area (Å²) >= 11 is 11.3. The van der Waals surface area contributed by atoms with Crippen molar-refractivity contribution in [2.75, 3.05) is 6.54 Å². The maximum absolute atomic E-state index is 11.0. The molecule has 0 aromatic carbocycles. The van der Waals surface area contributed by atoms with Gasteiger partial charge in [-0.25, -0.2) is 4.98 Å². The van der Waals surface area contributed by atoms with Gasteiger partial charge in [-0.15, -0.1) is 0 Å². The molecule has 0 unspecified atom stereocenters. The van der Waals surface area contributed by atoms with E-state index in [1.807, 2.05) is 0 Å². The number of aromatic nitrogens is 1. The summed E-state index contributed by atoms with van der Waals surface area (Å²) in [7, 11) is 0. The first-order valence-electron chi connectivity index (χ1n) is 4.29. The lowest BCUT2D eigenvalue weighted by atomic mass is 10.3. The Morgan fingerprint density at radius 2 is 2.00 bits per heavy atom. The van der Waals surface area contributed by atoms with Gasteiger partial charge in [0.25, 0.3) is 0 Å². The summed E-state index contributed by atoms with van der Waals surface area (Å²) in [6.07, 6.45) is 0.201. The van der Waals surface area contributed by atoms with E-state index >= 15 is 0 Å². The van der Waals surface area contributed by atoms with Crippen molar-refractivity contribution in [1.29, 1.82) is 0 Å². The maximum atomic E-state index is 11.0. The van der Waals surface area contributed by atoms with Gasteiger partial charge in [-0.1, -0.05) is 23.2 Å². The molecule has 15 heavy (non-hydrogen) atoms. The molecule has 1 rings (SSSR count). The molecule has 0 amide bonds. The normalized spacial score (nSPS) is 10.1. The zero-order chi connectivity index (χ0) is 11.3. The minimum atomic E-state index is -0.346. The van der Waals surface area contributed by atoms with E-state index in [4.69, 9.17) is 33.7 Å². The summed E-state index contributed by atoms with van der Waals surface area (Å²) in [6, 6.07) is 3.17. The van der Waals surface area contributed by atoms with E-state index in [0.29, 0.717) is 5.56 Å². The molecule has 1 aromatic heterocycles. The number of nitrogens with two attached hydrogens (primary N) is 1. The molecule has 0 fully saturated rings. The van der Waals surface area contributed by atoms with Crippen molar-refractivity contribution in [2.45, 2.75) is 13.0 Å². The van der Waals surface area contributed by atoms with Gasteiger partial charge in [-0.05, 0) is 17.7 Å². The number of rotatable bonds is 4. The third kappa shape index (κ3) is 4.46. The molecular formula is C9H10Cl2N2O2. The Bertz CT molecular complexity index is 338. The van der Waals surface area contributed by atoms with Gasteiger partial charge in [0.05, 0.1) is 6.42 Å². The van der Waals surface area contributed by atoms with E-state index in [1.165, 1.54) is 0 Å². The van der Waals surface area contributed by atoms with Crippen LogP contribution in [0.4, 0.5) is 0 Å². The number of halogens is 2. The van der Waals surface area contributed by atoms with Crippen LogP contribution in [0.25, 0.3) is 0 Å². The van der Waals surface area contributed by atoms with Gasteiger partial charge >= 0.3 is 5.97 Å². The first-order chi connectivity index (χ1) is 7.11. The van der Waals surface area contributed by atoms with Crippen LogP contribution < -0.4 is 5.73 Å². The number of esters is 1. The Labute approximate surface area is 97.3 Å². The number of carbonyl (C=O) groups excluding carboxylic acids is 1. The average molecular weight is 249 g/mol. The lowest BCUT2D eigenvalue weighted by molar-refractivity contribution is -0.144. The zero-order valence-corrected chi connectivity index (χ0v) is 9.38. The summed E-state index contributed by atoms with van der Waals surface area (Å²) in [5.41, 5.74) is 5.89. The quantitative estimate of drug-likeness (QED) is 0.652. The topological polar surface area (TPSA) is 65.2 Å². The van der Waals surface area contributed by atoms with Gasteiger partial charge in [0.15, 0.2) is 0 Å². The molecule has 1 heterocycles. The summed E-state index contributed by atoms with van der Waals surface area (Å²) < 4.78 is 4.91. The highest BCUT2D eigenvalue weighted by Crippen LogP contribution is 2.15. The number of hydrogen-bond donors (Lipinski definition) is 1. The molecule has 0 aliphatic rings. The number of ether oxygens (including phenoxy) is 1. The molecule has 82 valence electrons. The van der Waals surface area contributed by atoms with Crippen LogP contribution in [0.3, 0.4) is 0 Å². The van der Waals surface area contributed by atoms with Crippen LogP contribution in [0.5, 0.6) is 0 Å². The summed E-state index contributed by atoms with van der Waals surface area (Å²) in [4.78, 5) is 14.8. The second-order valence-corrected chi connectivity index (χ2v) is 3.59. The lowest BCUT2D eigenvalue weighted by Crippen LogP contribution is -2.11. The lowest BCUT2D eigenvalue weighted by Gasteiger charge is -2.04. The van der Waals surface area contributed by atoms with Gasteiger partial charge in [0.2, 0.25) is 0 Å². The molecular weight excluding hydrogens is 239 g/mol. The molecule has 0 aliphatic carbocycles. The Kier molecular flexibility index (Phi) is 4.81. The molecule has 0 atom stereocenters. The van der Waals surface area contributed by atoms with Crippen LogP contribution in [-0.4, -0.2) is 17.5 Å². The van der Waals surface area contributed by atoms with Crippen molar-refractivity contribution >= 4 is 29.2 Å². The average Bonchev–Trinajstić information content (AvgIpc) is 2.14. The molecule has 0 bridgehead atoms. The van der Waals surface area contributed by atoms with Gasteiger partial charge in [0.1, 0.15) is 16.9 Å². The van der Waals surface area contributed by atoms with Gasteiger partial charge in [-0.2, -0.15) is 0 Å². The summed E-state index contributed by atoms with van der Waals surface area (Å²) in [5, 5.41) is 0.541. The molecule has 1 aromatic rings. The largest absolute Gasteiger partial charge is 0.461 e. The van der Waals surface area contributed by atoms with Crippen LogP contribution in [0.15, 0.2) is 12.1 Å². The second kappa shape index (κ2) is 5.90. The maximum Gasteiger partial charge on any atom is 0.307 e. The van der Waals surface area contributed by atoms with Gasteiger partial charge in [0, 0.05) is 6.54 Å². The fourth-order valence-electron chi connectivity index (χ4n) is 0.951. The van der Waals surface area contributed by atoms with Crippen LogP contribution in [0.2, 0.25) is 10.3 Å². The summed E-state index contributed by atoms with van der Waals surface area (Å²) in [5.74, 6) is -0.346. The van der Waals surface area contributed by atoms with Gasteiger partial charge in [-0.3, -0.25) is 4.79 Å². The minimum Gasteiger partial charge on any atom is -0.461 e. The van der Waals surface area contributed by atoms with E-state index in [2.05, 4.69) is 4.98 Å². The molecule has 0 spiro atoms. The Balaban J connectivity index is 2.54. The Morgan fingerprint density at radius 1 is 1.40 bits per heavy atom. The van der Waals surface area contributed by atoms with Crippen molar-refractivity contribution < 1.29 is 9.53 Å². The minimum absolute atomic E-state index is 0.126. The zero-order valence-electron chi connectivity index (χ0n) is 7.87. The fraction of sp³-hybridized carbons (Fsp3) is 0.333. The molecule has 2 N–H and O–H groups in total. The van der Waals surface area contributed by atoms with Crippen molar-refractivity contribution in [3.8, 4) is 0 Å². The van der Waals surface area contributed by atoms with E-state index < -0.39 is 0 Å². The second-order valence-electron chi connectivity index (χ2n) is 2.82. The molecule has 0 aliphatic heterocycles. The molecule has 0 saturated heterocycles. The van der Waals surface area contributed by atoms with E-state index in [9.17, 15) is 4.79 Å². The van der Waals surface area contributed by atoms with Crippen LogP contribution >= 0.6 is 23.2 Å². The standard InChI is InChI=1S/C9H10Cl2N2O2/c10-7-3-6(4-8(11)13-7)5-15-9(14)1-2-12/h3-4H,1-2,5,12H2. The van der Waals surface area contributed by atoms with Crippen LogP contribution in [-0.2, 0) is 16.1 Å². The highest BCUT2D eigenvalue weighted by atomic mass is 35.5. The molecule has 0 saturated carbocycles. The van der Waals surface area contributed by atoms with Crippen molar-refractivity contribution in [1.82, 2.24) is 4.98 Å². The Hall–Kier alpha value is -0.840. The molecule has 4 nitrogen and oxygen atoms in total. The van der Waals surface area contributed by atoms with Crippen LogP contribution in [0.1, 0.15) is 12.0 Å². The third-order valence-electron chi connectivity index (χ3n) is 1.57. The predicted octanol–water partition coefficient (Wildman–Crippen LogP) is 1.78. The summed E-state index contributed by atoms with van der Waals surface area (Å²) in [6.45, 7) is 0.400. The number of hydrogen-bond acceptors (Lipinski definition) is 4. The SMILES string of the molecule is NCCC(=O)OCc1cc(Cl)nc(Cl)c1. The number of carbonyl (C=O) groups is 1. The van der Waals surface area contributed by atoms with Crippen molar-refractivity contribution in [3.63, 3.8) is 0 Å². The molecule has 0 radical (unpaired) electrons. The third-order valence-corrected chi connectivity index (χ3v) is 1.96.